The van der Waals surface area contributed by atoms with Crippen molar-refractivity contribution < 1.29 is 4.79 Å². The highest BCUT2D eigenvalue weighted by Gasteiger charge is 2.22. The van der Waals surface area contributed by atoms with Crippen LogP contribution in [0.4, 0.5) is 5.00 Å². The van der Waals surface area contributed by atoms with Crippen molar-refractivity contribution in [2.75, 3.05) is 5.73 Å². The van der Waals surface area contributed by atoms with Crippen LogP contribution in [0.1, 0.15) is 27.7 Å². The fraction of sp³-hybridized carbons (Fsp3) is 0.150. The number of amides is 1. The average molecular weight is 336 g/mol. The maximum Gasteiger partial charge on any atom is 0.255 e. The minimum atomic E-state index is -0.119. The van der Waals surface area contributed by atoms with Crippen molar-refractivity contribution in [3.8, 4) is 11.1 Å². The van der Waals surface area contributed by atoms with Gasteiger partial charge in [0, 0.05) is 17.0 Å². The molecule has 0 aliphatic heterocycles. The molecule has 0 saturated carbocycles. The molecule has 0 aliphatic rings. The Balaban J connectivity index is 1.92. The Morgan fingerprint density at radius 3 is 2.29 bits per heavy atom. The van der Waals surface area contributed by atoms with Crippen LogP contribution in [0.15, 0.2) is 60.7 Å². The Bertz CT molecular complexity index is 826. The molecule has 3 aromatic rings. The van der Waals surface area contributed by atoms with Crippen LogP contribution >= 0.6 is 11.3 Å². The topological polar surface area (TPSA) is 55.1 Å². The number of nitrogens with two attached hydrogens (primary N) is 1. The van der Waals surface area contributed by atoms with E-state index < -0.39 is 0 Å². The molecular weight excluding hydrogens is 316 g/mol. The number of carbonyl (C=O) groups is 1. The lowest BCUT2D eigenvalue weighted by Gasteiger charge is -2.09. The van der Waals surface area contributed by atoms with Crippen LogP contribution in [0.2, 0.25) is 0 Å². The van der Waals surface area contributed by atoms with Crippen LogP contribution in [0.3, 0.4) is 0 Å². The van der Waals surface area contributed by atoms with Crippen LogP contribution in [0.25, 0.3) is 11.1 Å². The van der Waals surface area contributed by atoms with Crippen molar-refractivity contribution in [1.29, 1.82) is 0 Å². The number of anilines is 1. The minimum absolute atomic E-state index is 0.119. The molecule has 2 aromatic carbocycles. The molecule has 0 aliphatic carbocycles. The second-order valence-electron chi connectivity index (χ2n) is 5.53. The Morgan fingerprint density at radius 1 is 1.04 bits per heavy atom. The van der Waals surface area contributed by atoms with E-state index in [1.165, 1.54) is 11.3 Å². The molecule has 0 saturated heterocycles. The summed E-state index contributed by atoms with van der Waals surface area (Å²) in [4.78, 5) is 13.9. The maximum absolute atomic E-state index is 12.8. The summed E-state index contributed by atoms with van der Waals surface area (Å²) in [5.41, 5.74) is 9.84. The second-order valence-corrected chi connectivity index (χ2v) is 6.66. The molecule has 0 radical (unpaired) electrons. The second kappa shape index (κ2) is 7.32. The molecule has 0 bridgehead atoms. The monoisotopic (exact) mass is 336 g/mol. The van der Waals surface area contributed by atoms with Crippen molar-refractivity contribution in [1.82, 2.24) is 5.32 Å². The number of thiophene rings is 1. The van der Waals surface area contributed by atoms with Crippen LogP contribution in [-0.4, -0.2) is 5.91 Å². The SMILES string of the molecule is CCc1sc(N)c(C(=O)NCc2ccccc2)c1-c1ccccc1. The quantitative estimate of drug-likeness (QED) is 0.721. The molecule has 3 nitrogen and oxygen atoms in total. The zero-order chi connectivity index (χ0) is 16.9. The van der Waals surface area contributed by atoms with Gasteiger partial charge in [0.25, 0.3) is 5.91 Å². The van der Waals surface area contributed by atoms with Crippen LogP contribution < -0.4 is 11.1 Å². The number of nitrogens with one attached hydrogen (secondary N) is 1. The summed E-state index contributed by atoms with van der Waals surface area (Å²) >= 11 is 1.50. The molecule has 0 atom stereocenters. The molecule has 1 heterocycles. The number of aryl methyl sites for hydroxylation is 1. The lowest BCUT2D eigenvalue weighted by molar-refractivity contribution is 0.0953. The maximum atomic E-state index is 12.8. The molecule has 3 N–H and O–H groups in total. The van der Waals surface area contributed by atoms with E-state index >= 15 is 0 Å². The predicted molar refractivity (Wildman–Crippen MR) is 101 cm³/mol. The molecule has 24 heavy (non-hydrogen) atoms. The first kappa shape index (κ1) is 16.3. The van der Waals surface area contributed by atoms with Crippen LogP contribution in [0.5, 0.6) is 0 Å². The van der Waals surface area contributed by atoms with Crippen LogP contribution in [-0.2, 0) is 13.0 Å². The highest BCUT2D eigenvalue weighted by molar-refractivity contribution is 7.17. The summed E-state index contributed by atoms with van der Waals surface area (Å²) in [5, 5.41) is 3.57. The summed E-state index contributed by atoms with van der Waals surface area (Å²) in [6.45, 7) is 2.58. The highest BCUT2D eigenvalue weighted by Crippen LogP contribution is 2.38. The van der Waals surface area contributed by atoms with Crippen molar-refractivity contribution in [3.63, 3.8) is 0 Å². The molecule has 0 spiro atoms. The number of hydrogen-bond donors (Lipinski definition) is 2. The number of rotatable bonds is 5. The van der Waals surface area contributed by atoms with E-state index in [2.05, 4.69) is 12.2 Å². The Morgan fingerprint density at radius 2 is 1.67 bits per heavy atom. The van der Waals surface area contributed by atoms with Gasteiger partial charge in [0.1, 0.15) is 0 Å². The summed E-state index contributed by atoms with van der Waals surface area (Å²) in [6, 6.07) is 19.9. The summed E-state index contributed by atoms with van der Waals surface area (Å²) in [7, 11) is 0. The third kappa shape index (κ3) is 3.34. The van der Waals surface area contributed by atoms with Crippen molar-refractivity contribution in [2.24, 2.45) is 0 Å². The Labute approximate surface area is 146 Å². The molecule has 1 amide bonds. The van der Waals surface area contributed by atoms with E-state index in [1.807, 2.05) is 60.7 Å². The lowest BCUT2D eigenvalue weighted by atomic mass is 9.99. The van der Waals surface area contributed by atoms with Crippen LogP contribution in [0, 0.1) is 0 Å². The smallest absolute Gasteiger partial charge is 0.255 e. The predicted octanol–water partition coefficient (Wildman–Crippen LogP) is 4.49. The first-order valence-corrected chi connectivity index (χ1v) is 8.81. The van der Waals surface area contributed by atoms with Gasteiger partial charge in [0.05, 0.1) is 10.6 Å². The summed E-state index contributed by atoms with van der Waals surface area (Å²) in [6.07, 6.45) is 0.852. The molecule has 0 fully saturated rings. The normalized spacial score (nSPS) is 10.5. The van der Waals surface area contributed by atoms with Gasteiger partial charge < -0.3 is 11.1 Å². The fourth-order valence-electron chi connectivity index (χ4n) is 2.75. The largest absolute Gasteiger partial charge is 0.390 e. The van der Waals surface area contributed by atoms with E-state index in [9.17, 15) is 4.79 Å². The van der Waals surface area contributed by atoms with Crippen molar-refractivity contribution in [2.45, 2.75) is 19.9 Å². The van der Waals surface area contributed by atoms with Gasteiger partial charge in [0.15, 0.2) is 0 Å². The summed E-state index contributed by atoms with van der Waals surface area (Å²) < 4.78 is 0. The van der Waals surface area contributed by atoms with Gasteiger partial charge >= 0.3 is 0 Å². The van der Waals surface area contributed by atoms with Gasteiger partial charge in [-0.2, -0.15) is 0 Å². The fourth-order valence-corrected chi connectivity index (χ4v) is 3.78. The van der Waals surface area contributed by atoms with Gasteiger partial charge in [-0.15, -0.1) is 11.3 Å². The first-order chi connectivity index (χ1) is 11.7. The average Bonchev–Trinajstić information content (AvgIpc) is 2.98. The van der Waals surface area contributed by atoms with E-state index in [0.717, 1.165) is 28.0 Å². The third-order valence-electron chi connectivity index (χ3n) is 3.91. The first-order valence-electron chi connectivity index (χ1n) is 7.99. The number of benzene rings is 2. The standard InChI is InChI=1S/C20H20N2OS/c1-2-16-17(15-11-7-4-8-12-15)18(19(21)24-16)20(23)22-13-14-9-5-3-6-10-14/h3-12H,2,13,21H2,1H3,(H,22,23). The van der Waals surface area contributed by atoms with Gasteiger partial charge in [-0.3, -0.25) is 4.79 Å². The minimum Gasteiger partial charge on any atom is -0.390 e. The molecular formula is C20H20N2OS. The molecule has 122 valence electrons. The highest BCUT2D eigenvalue weighted by atomic mass is 32.1. The number of nitrogen functional groups attached to an aromatic ring is 1. The molecule has 1 aromatic heterocycles. The summed E-state index contributed by atoms with van der Waals surface area (Å²) in [5.74, 6) is -0.119. The van der Waals surface area contributed by atoms with Gasteiger partial charge in [0.2, 0.25) is 0 Å². The zero-order valence-electron chi connectivity index (χ0n) is 13.6. The third-order valence-corrected chi connectivity index (χ3v) is 5.08. The molecule has 3 rings (SSSR count). The van der Waals surface area contributed by atoms with Gasteiger partial charge in [-0.25, -0.2) is 0 Å². The van der Waals surface area contributed by atoms with Crippen molar-refractivity contribution in [3.05, 3.63) is 76.7 Å². The lowest BCUT2D eigenvalue weighted by Crippen LogP contribution is -2.23. The van der Waals surface area contributed by atoms with Crippen molar-refractivity contribution >= 4 is 22.2 Å². The van der Waals surface area contributed by atoms with E-state index in [0.29, 0.717) is 17.1 Å². The zero-order valence-corrected chi connectivity index (χ0v) is 14.4. The van der Waals surface area contributed by atoms with E-state index in [4.69, 9.17) is 5.73 Å². The molecule has 0 unspecified atom stereocenters. The number of carbonyl (C=O) groups excluding carboxylic acids is 1. The van der Waals surface area contributed by atoms with Gasteiger partial charge in [-0.05, 0) is 17.5 Å². The Kier molecular flexibility index (Phi) is 4.96. The number of hydrogen-bond acceptors (Lipinski definition) is 3. The van der Waals surface area contributed by atoms with E-state index in [-0.39, 0.29) is 5.91 Å². The molecule has 4 heteroatoms. The Hall–Kier alpha value is -2.59. The van der Waals surface area contributed by atoms with Gasteiger partial charge in [-0.1, -0.05) is 67.6 Å². The van der Waals surface area contributed by atoms with E-state index in [1.54, 1.807) is 0 Å².